The Hall–Kier alpha value is -15.4. The summed E-state index contributed by atoms with van der Waals surface area (Å²) in [5, 5.41) is 22.0. The minimum atomic E-state index is -0.397. The summed E-state index contributed by atoms with van der Waals surface area (Å²) in [6.45, 7) is 4.47. The van der Waals surface area contributed by atoms with Crippen molar-refractivity contribution in [2.45, 2.75) is 13.8 Å². The first-order valence-electron chi connectivity index (χ1n) is 42.5. The monoisotopic (exact) mass is 1510 g/mol. The second-order valence-corrected chi connectivity index (χ2v) is 30.3. The van der Waals surface area contributed by atoms with Crippen LogP contribution in [0.4, 0.5) is 0 Å². The minimum Gasteiger partial charge on any atom is -0.256 e. The molecule has 552 valence electrons. The fourth-order valence-corrected chi connectivity index (χ4v) is 18.0. The normalized spacial score (nSPS) is 12.1. The molecule has 0 aliphatic rings. The Kier molecular flexibility index (Phi) is 16.7. The Morgan fingerprint density at radius 2 is 0.636 bits per heavy atom. The van der Waals surface area contributed by atoms with E-state index in [0.717, 1.165) is 82.2 Å². The average Bonchev–Trinajstić information content (AvgIpc) is 0.728. The van der Waals surface area contributed by atoms with Crippen molar-refractivity contribution in [3.8, 4) is 100 Å². The topological polar surface area (TPSA) is 51.6 Å². The molecule has 0 N–H and O–H groups in total. The van der Waals surface area contributed by atoms with Gasteiger partial charge in [0.2, 0.25) is 0 Å². The van der Waals surface area contributed by atoms with Crippen LogP contribution in [-0.4, -0.2) is 19.9 Å². The summed E-state index contributed by atoms with van der Waals surface area (Å²) < 4.78 is 42.1. The third-order valence-electron chi connectivity index (χ3n) is 23.4. The molecule has 4 heterocycles. The van der Waals surface area contributed by atoms with E-state index in [9.17, 15) is 0 Å². The van der Waals surface area contributed by atoms with E-state index in [2.05, 4.69) is 310 Å². The highest BCUT2D eigenvalue weighted by molar-refractivity contribution is 6.25. The highest BCUT2D eigenvalue weighted by atomic mass is 14.8. The molecular weight excluding hydrogens is 1430 g/mol. The van der Waals surface area contributed by atoms with Crippen molar-refractivity contribution in [2.24, 2.45) is 0 Å². The first kappa shape index (κ1) is 65.1. The van der Waals surface area contributed by atoms with Crippen molar-refractivity contribution in [3.05, 3.63) is 436 Å². The van der Waals surface area contributed by atoms with E-state index in [1.54, 1.807) is 6.20 Å². The van der Waals surface area contributed by atoms with Crippen molar-refractivity contribution >= 4 is 119 Å². The van der Waals surface area contributed by atoms with Crippen LogP contribution in [0.1, 0.15) is 18.0 Å². The van der Waals surface area contributed by atoms with Gasteiger partial charge in [0.25, 0.3) is 0 Å². The van der Waals surface area contributed by atoms with Crippen LogP contribution in [0.5, 0.6) is 0 Å². The summed E-state index contributed by atoms with van der Waals surface area (Å²) in [7, 11) is 0. The molecule has 0 radical (unpaired) electrons. The lowest BCUT2D eigenvalue weighted by molar-refractivity contribution is 1.29. The molecule has 0 fully saturated rings. The number of fused-ring (bicyclic) bond motifs is 11. The van der Waals surface area contributed by atoms with Gasteiger partial charge in [-0.05, 0) is 250 Å². The van der Waals surface area contributed by atoms with Crippen molar-refractivity contribution in [1.82, 2.24) is 19.9 Å². The number of pyridine rings is 4. The molecule has 0 amide bonds. The van der Waals surface area contributed by atoms with Gasteiger partial charge in [0, 0.05) is 51.4 Å². The summed E-state index contributed by atoms with van der Waals surface area (Å²) in [4.78, 5) is 18.7. The van der Waals surface area contributed by atoms with E-state index in [-0.39, 0.29) is 29.7 Å². The van der Waals surface area contributed by atoms with Crippen LogP contribution >= 0.6 is 0 Å². The van der Waals surface area contributed by atoms with Crippen LogP contribution < -0.4 is 0 Å². The van der Waals surface area contributed by atoms with Gasteiger partial charge in [-0.25, -0.2) is 9.97 Å². The number of para-hydroxylation sites is 2. The second-order valence-electron chi connectivity index (χ2n) is 30.3. The Bertz CT molecular complexity index is 8030. The van der Waals surface area contributed by atoms with E-state index in [0.29, 0.717) is 11.2 Å². The largest absolute Gasteiger partial charge is 0.256 e. The van der Waals surface area contributed by atoms with Crippen LogP contribution in [0.3, 0.4) is 0 Å². The average molecular weight is 1510 g/mol. The molecule has 19 aromatic carbocycles. The van der Waals surface area contributed by atoms with Crippen molar-refractivity contribution < 1.29 is 6.85 Å². The van der Waals surface area contributed by atoms with Crippen molar-refractivity contribution in [3.63, 3.8) is 0 Å². The van der Waals surface area contributed by atoms with Crippen LogP contribution in [0, 0.1) is 13.8 Å². The summed E-state index contributed by atoms with van der Waals surface area (Å²) in [5.41, 5.74) is 24.9. The van der Waals surface area contributed by atoms with Gasteiger partial charge in [-0.15, -0.1) is 0 Å². The highest BCUT2D eigenvalue weighted by Crippen LogP contribution is 2.50. The molecule has 4 heteroatoms. The number of aromatic nitrogens is 4. The fraction of sp³-hybridized carbons (Fsp3) is 0.0175. The molecule has 0 aliphatic heterocycles. The molecule has 0 unspecified atom stereocenters. The number of aryl methyl sites for hydroxylation is 2. The quantitative estimate of drug-likeness (QED) is 0.135. The first-order valence-corrected chi connectivity index (χ1v) is 40.0. The Morgan fingerprint density at radius 1 is 0.220 bits per heavy atom. The first-order chi connectivity index (χ1) is 60.5. The Labute approximate surface area is 691 Å². The summed E-state index contributed by atoms with van der Waals surface area (Å²) in [6.07, 6.45) is 5.64. The fourth-order valence-electron chi connectivity index (χ4n) is 18.0. The Balaban J connectivity index is 0.000000113. The van der Waals surface area contributed by atoms with E-state index in [1.165, 1.54) is 131 Å². The predicted octanol–water partition coefficient (Wildman–Crippen LogP) is 30.9. The number of rotatable bonds is 9. The Morgan fingerprint density at radius 3 is 1.25 bits per heavy atom. The number of benzene rings is 19. The maximum atomic E-state index is 8.71. The molecule has 0 spiro atoms. The molecule has 23 rings (SSSR count). The maximum Gasteiger partial charge on any atom is 0.159 e. The molecule has 0 bridgehead atoms. The zero-order valence-electron chi connectivity index (χ0n) is 69.8. The van der Waals surface area contributed by atoms with Crippen LogP contribution in [0.25, 0.3) is 219 Å². The lowest BCUT2D eigenvalue weighted by atomic mass is 9.83. The van der Waals surface area contributed by atoms with E-state index in [4.69, 9.17) is 21.8 Å². The molecule has 0 atom stereocenters. The zero-order valence-corrected chi connectivity index (χ0v) is 64.8. The van der Waals surface area contributed by atoms with Gasteiger partial charge in [-0.2, -0.15) is 0 Å². The molecule has 0 aliphatic carbocycles. The summed E-state index contributed by atoms with van der Waals surface area (Å²) >= 11 is 0. The van der Waals surface area contributed by atoms with Crippen LogP contribution in [0.15, 0.2) is 425 Å². The number of nitrogens with zero attached hydrogens (tertiary/aromatic N) is 4. The molecule has 118 heavy (non-hydrogen) atoms. The van der Waals surface area contributed by atoms with Crippen molar-refractivity contribution in [2.75, 3.05) is 0 Å². The molecular formula is C114H76N4. The molecule has 4 nitrogen and oxygen atoms in total. The van der Waals surface area contributed by atoms with Gasteiger partial charge >= 0.3 is 0 Å². The van der Waals surface area contributed by atoms with Gasteiger partial charge in [-0.1, -0.05) is 346 Å². The van der Waals surface area contributed by atoms with Crippen LogP contribution in [0.2, 0.25) is 0 Å². The summed E-state index contributed by atoms with van der Waals surface area (Å²) in [6, 6.07) is 132. The zero-order chi connectivity index (χ0) is 82.9. The van der Waals surface area contributed by atoms with Gasteiger partial charge in [-0.3, -0.25) is 9.97 Å². The summed E-state index contributed by atoms with van der Waals surface area (Å²) in [5.74, 6) is 0. The van der Waals surface area contributed by atoms with E-state index < -0.39 is 6.04 Å². The van der Waals surface area contributed by atoms with Crippen LogP contribution in [-0.2, 0) is 0 Å². The van der Waals surface area contributed by atoms with Crippen molar-refractivity contribution in [1.29, 1.82) is 0 Å². The predicted molar refractivity (Wildman–Crippen MR) is 501 cm³/mol. The number of hydrogen-bond donors (Lipinski definition) is 0. The lowest BCUT2D eigenvalue weighted by Gasteiger charge is -2.20. The molecule has 0 saturated heterocycles. The SMILES string of the molecule is Cc1cc(-c2c3ccccc3c(-c3ccc4ccccc4c3)c3ccccc23)c(C)cc1-c1cnc2ccccc2c1.[2H]c1c([2H])c([2H])c(-c2c3ccccc3c(-c3ccc(-c4ccc5cccnc5n4)cc3)c3ccccc23)c([2H])c1[2H].c1ccc(-c2c3ccccc3c(-c3cc(-c4cccc5cccnc45)c4ccccc4c3)c3ccccc23)cc1. The van der Waals surface area contributed by atoms with Gasteiger partial charge in [0.1, 0.15) is 0 Å². The van der Waals surface area contributed by atoms with E-state index >= 15 is 0 Å². The third kappa shape index (κ3) is 12.7. The molecule has 4 aromatic heterocycles. The second kappa shape index (κ2) is 30.2. The van der Waals surface area contributed by atoms with Gasteiger partial charge < -0.3 is 0 Å². The maximum absolute atomic E-state index is 8.71. The highest BCUT2D eigenvalue weighted by Gasteiger charge is 2.23. The smallest absolute Gasteiger partial charge is 0.159 e. The lowest BCUT2D eigenvalue weighted by Crippen LogP contribution is -1.95. The standard InChI is InChI=1S/C41H29N.C39H25N.C34H22N2/c1-26-22-38(27(2)21-37(26)32-24-30-13-5-10-18-39(30)42-25-32)41-35-16-8-6-14-33(35)40(34-15-7-9-17-36(34)41)31-20-19-28-11-3-4-12-29(28)23-31;1-2-12-26(13-3-1)37-31-18-6-8-20-33(31)38(34-21-9-7-19-32(34)37)29-24-28-14-4-5-17-30(28)36(25-29)35-22-10-15-27-16-11-23-40-39(27)35;1-2-9-24(10-3-1)32-27-12-4-6-14-29(27)33(30-15-7-5-13-28(30)32)25-18-16-23(17-19-25)31-21-20-26-11-8-22-35-34(26)36-31/h3-25H,1-2H3;1-25H;1-22H/i;;1D,2D,3D,9D,10D. The van der Waals surface area contributed by atoms with Gasteiger partial charge in [0.15, 0.2) is 5.65 Å². The third-order valence-corrected chi connectivity index (χ3v) is 23.4. The molecule has 0 saturated carbocycles. The number of hydrogen-bond acceptors (Lipinski definition) is 4. The van der Waals surface area contributed by atoms with E-state index in [1.807, 2.05) is 97.3 Å². The van der Waals surface area contributed by atoms with Gasteiger partial charge in [0.05, 0.1) is 23.6 Å². The molecule has 23 aromatic rings. The minimum absolute atomic E-state index is 0.208.